The third-order valence-corrected chi connectivity index (χ3v) is 3.39. The molecule has 0 radical (unpaired) electrons. The molecule has 0 aliphatic rings. The van der Waals surface area contributed by atoms with Gasteiger partial charge in [0.1, 0.15) is 0 Å². The van der Waals surface area contributed by atoms with Crippen molar-refractivity contribution in [3.05, 3.63) is 0 Å². The molecule has 7 heteroatoms. The summed E-state index contributed by atoms with van der Waals surface area (Å²) in [6.07, 6.45) is -2.86. The first-order valence-electron chi connectivity index (χ1n) is 4.65. The van der Waals surface area contributed by atoms with Crippen LogP contribution in [0.4, 0.5) is 13.2 Å². The number of carboxylic acid groups (broad SMARTS) is 1. The summed E-state index contributed by atoms with van der Waals surface area (Å²) in [6, 6.07) is 0. The molecule has 0 rings (SSSR count). The van der Waals surface area contributed by atoms with Crippen LogP contribution in [0.1, 0.15) is 13.8 Å². The van der Waals surface area contributed by atoms with Crippen LogP contribution in [0.5, 0.6) is 0 Å². The number of carbonyl (C=O) groups is 1. The molecule has 1 atom stereocenters. The van der Waals surface area contributed by atoms with Crippen molar-refractivity contribution in [2.24, 2.45) is 5.92 Å². The summed E-state index contributed by atoms with van der Waals surface area (Å²) in [4.78, 5) is 10.4. The van der Waals surface area contributed by atoms with Gasteiger partial charge in [0, 0.05) is 17.8 Å². The van der Waals surface area contributed by atoms with E-state index in [9.17, 15) is 18.0 Å². The number of thioether (sulfide) groups is 1. The molecule has 0 saturated heterocycles. The maximum absolute atomic E-state index is 12.2. The topological polar surface area (TPSA) is 49.3 Å². The van der Waals surface area contributed by atoms with E-state index < -0.39 is 24.6 Å². The maximum Gasteiger partial charge on any atom is 0.403 e. The molecule has 0 aromatic carbocycles. The molecular formula is C9H16F3NO2S. The van der Waals surface area contributed by atoms with E-state index in [1.54, 1.807) is 0 Å². The van der Waals surface area contributed by atoms with Gasteiger partial charge < -0.3 is 10.4 Å². The molecule has 96 valence electrons. The van der Waals surface area contributed by atoms with Crippen LogP contribution in [0.25, 0.3) is 0 Å². The van der Waals surface area contributed by atoms with Crippen LogP contribution in [0.3, 0.4) is 0 Å². The van der Waals surface area contributed by atoms with Crippen molar-refractivity contribution in [2.75, 3.05) is 19.3 Å². The monoisotopic (exact) mass is 259 g/mol. The zero-order chi connectivity index (χ0) is 13.0. The smallest absolute Gasteiger partial charge is 0.403 e. The minimum absolute atomic E-state index is 0.214. The minimum Gasteiger partial charge on any atom is -0.481 e. The van der Waals surface area contributed by atoms with Crippen LogP contribution in [0.2, 0.25) is 0 Å². The predicted molar refractivity (Wildman–Crippen MR) is 57.6 cm³/mol. The largest absolute Gasteiger partial charge is 0.481 e. The van der Waals surface area contributed by atoms with E-state index in [0.717, 1.165) is 0 Å². The summed E-state index contributed by atoms with van der Waals surface area (Å²) >= 11 is 1.50. The first-order valence-corrected chi connectivity index (χ1v) is 5.88. The number of hydrogen-bond acceptors (Lipinski definition) is 3. The second-order valence-electron chi connectivity index (χ2n) is 4.03. The highest BCUT2D eigenvalue weighted by Crippen LogP contribution is 2.26. The van der Waals surface area contributed by atoms with E-state index >= 15 is 0 Å². The van der Waals surface area contributed by atoms with Crippen molar-refractivity contribution in [2.45, 2.75) is 24.8 Å². The Morgan fingerprint density at radius 1 is 1.44 bits per heavy atom. The fourth-order valence-corrected chi connectivity index (χ4v) is 1.18. The first-order chi connectivity index (χ1) is 7.10. The number of carboxylic acids is 1. The Morgan fingerprint density at radius 3 is 2.25 bits per heavy atom. The lowest BCUT2D eigenvalue weighted by Gasteiger charge is -2.24. The summed E-state index contributed by atoms with van der Waals surface area (Å²) in [5, 5.41) is 11.0. The Morgan fingerprint density at radius 2 is 1.94 bits per heavy atom. The fraction of sp³-hybridized carbons (Fsp3) is 0.889. The van der Waals surface area contributed by atoms with Gasteiger partial charge in [-0.3, -0.25) is 4.79 Å². The van der Waals surface area contributed by atoms with Gasteiger partial charge >= 0.3 is 12.1 Å². The Bertz CT molecular complexity index is 243. The molecule has 0 aliphatic heterocycles. The van der Waals surface area contributed by atoms with Gasteiger partial charge in [0.2, 0.25) is 0 Å². The van der Waals surface area contributed by atoms with E-state index in [1.165, 1.54) is 11.8 Å². The molecule has 0 spiro atoms. The lowest BCUT2D eigenvalue weighted by Crippen LogP contribution is -2.42. The highest BCUT2D eigenvalue weighted by Gasteiger charge is 2.44. The van der Waals surface area contributed by atoms with Gasteiger partial charge in [0.15, 0.2) is 5.92 Å². The Balaban J connectivity index is 4.21. The van der Waals surface area contributed by atoms with Crippen molar-refractivity contribution in [1.82, 2.24) is 5.32 Å². The third kappa shape index (κ3) is 5.60. The third-order valence-electron chi connectivity index (χ3n) is 2.14. The van der Waals surface area contributed by atoms with Gasteiger partial charge in [0.05, 0.1) is 0 Å². The van der Waals surface area contributed by atoms with Crippen LogP contribution in [0.15, 0.2) is 0 Å². The number of hydrogen-bond donors (Lipinski definition) is 2. The van der Waals surface area contributed by atoms with E-state index in [0.29, 0.717) is 6.54 Å². The average Bonchev–Trinajstić information content (AvgIpc) is 2.09. The van der Waals surface area contributed by atoms with Gasteiger partial charge in [-0.05, 0) is 20.1 Å². The molecule has 0 bridgehead atoms. The van der Waals surface area contributed by atoms with Gasteiger partial charge in [-0.2, -0.15) is 24.9 Å². The number of alkyl halides is 3. The van der Waals surface area contributed by atoms with Crippen molar-refractivity contribution in [1.29, 1.82) is 0 Å². The number of nitrogens with one attached hydrogen (secondary N) is 1. The number of halogens is 3. The van der Waals surface area contributed by atoms with E-state index in [1.807, 2.05) is 20.1 Å². The van der Waals surface area contributed by atoms with Gasteiger partial charge in [-0.25, -0.2) is 0 Å². The van der Waals surface area contributed by atoms with Crippen molar-refractivity contribution >= 4 is 17.7 Å². The van der Waals surface area contributed by atoms with E-state index in [-0.39, 0.29) is 4.75 Å². The summed E-state index contributed by atoms with van der Waals surface area (Å²) in [5.41, 5.74) is 0. The molecule has 0 fully saturated rings. The van der Waals surface area contributed by atoms with Crippen molar-refractivity contribution in [3.63, 3.8) is 0 Å². The highest BCUT2D eigenvalue weighted by atomic mass is 32.2. The Hall–Kier alpha value is -0.430. The summed E-state index contributed by atoms with van der Waals surface area (Å²) < 4.78 is 36.5. The average molecular weight is 259 g/mol. The molecule has 0 aromatic heterocycles. The lowest BCUT2D eigenvalue weighted by molar-refractivity contribution is -0.192. The van der Waals surface area contributed by atoms with Crippen molar-refractivity contribution in [3.8, 4) is 0 Å². The SMILES string of the molecule is CSC(C)(C)CNCC(C(=O)O)C(F)(F)F. The second kappa shape index (κ2) is 5.77. The molecular weight excluding hydrogens is 243 g/mol. The van der Waals surface area contributed by atoms with E-state index in [4.69, 9.17) is 5.11 Å². The van der Waals surface area contributed by atoms with Crippen LogP contribution in [-0.2, 0) is 4.79 Å². The second-order valence-corrected chi connectivity index (χ2v) is 5.54. The highest BCUT2D eigenvalue weighted by molar-refractivity contribution is 7.99. The summed E-state index contributed by atoms with van der Waals surface area (Å²) in [6.45, 7) is 3.47. The van der Waals surface area contributed by atoms with Gasteiger partial charge in [-0.1, -0.05) is 0 Å². The molecule has 0 aliphatic carbocycles. The fourth-order valence-electron chi connectivity index (χ4n) is 0.933. The van der Waals surface area contributed by atoms with E-state index in [2.05, 4.69) is 5.32 Å². The molecule has 2 N–H and O–H groups in total. The number of rotatable bonds is 6. The Labute approximate surface area is 96.8 Å². The minimum atomic E-state index is -4.71. The van der Waals surface area contributed by atoms with Crippen LogP contribution in [-0.4, -0.2) is 41.3 Å². The Kier molecular flexibility index (Phi) is 5.61. The van der Waals surface area contributed by atoms with Gasteiger partial charge in [-0.15, -0.1) is 0 Å². The molecule has 0 amide bonds. The van der Waals surface area contributed by atoms with Crippen LogP contribution < -0.4 is 5.32 Å². The molecule has 0 saturated carbocycles. The van der Waals surface area contributed by atoms with Gasteiger partial charge in [0.25, 0.3) is 0 Å². The van der Waals surface area contributed by atoms with Crippen LogP contribution >= 0.6 is 11.8 Å². The number of aliphatic carboxylic acids is 1. The quantitative estimate of drug-likeness (QED) is 0.766. The zero-order valence-electron chi connectivity index (χ0n) is 9.39. The summed E-state index contributed by atoms with van der Waals surface area (Å²) in [7, 11) is 0. The standard InChI is InChI=1S/C9H16F3NO2S/c1-8(2,16-3)5-13-4-6(7(14)15)9(10,11)12/h6,13H,4-5H2,1-3H3,(H,14,15). The van der Waals surface area contributed by atoms with Crippen molar-refractivity contribution < 1.29 is 23.1 Å². The maximum atomic E-state index is 12.2. The molecule has 16 heavy (non-hydrogen) atoms. The first kappa shape index (κ1) is 15.6. The molecule has 1 unspecified atom stereocenters. The lowest BCUT2D eigenvalue weighted by atomic mass is 10.1. The molecule has 0 aromatic rings. The zero-order valence-corrected chi connectivity index (χ0v) is 10.2. The summed E-state index contributed by atoms with van der Waals surface area (Å²) in [5.74, 6) is -4.19. The molecule has 0 heterocycles. The predicted octanol–water partition coefficient (Wildman–Crippen LogP) is 1.98. The van der Waals surface area contributed by atoms with Crippen LogP contribution in [0, 0.1) is 5.92 Å². The normalized spacial score (nSPS) is 14.9. The molecule has 3 nitrogen and oxygen atoms in total.